The number of halogens is 2. The standard InChI is InChI=1S/C10H10BrFN4/c1-13-10-15-14-9(16(10)2)6-3-4-8(12)7(11)5-6/h3-5H,1-2H3,(H,13,15). The van der Waals surface area contributed by atoms with Crippen LogP contribution in [-0.4, -0.2) is 21.8 Å². The minimum absolute atomic E-state index is 0.292. The predicted molar refractivity (Wildman–Crippen MR) is 63.6 cm³/mol. The molecule has 0 fully saturated rings. The molecule has 4 nitrogen and oxygen atoms in total. The van der Waals surface area contributed by atoms with Gasteiger partial charge in [-0.25, -0.2) is 4.39 Å². The summed E-state index contributed by atoms with van der Waals surface area (Å²) in [5, 5.41) is 10.9. The van der Waals surface area contributed by atoms with E-state index in [0.29, 0.717) is 16.2 Å². The van der Waals surface area contributed by atoms with Gasteiger partial charge >= 0.3 is 0 Å². The first kappa shape index (κ1) is 11.1. The number of benzene rings is 1. The molecule has 0 bridgehead atoms. The van der Waals surface area contributed by atoms with Crippen LogP contribution in [0.2, 0.25) is 0 Å². The highest BCUT2D eigenvalue weighted by Crippen LogP contribution is 2.24. The van der Waals surface area contributed by atoms with Crippen molar-refractivity contribution in [1.29, 1.82) is 0 Å². The van der Waals surface area contributed by atoms with E-state index in [0.717, 1.165) is 5.56 Å². The van der Waals surface area contributed by atoms with Crippen LogP contribution in [0.25, 0.3) is 11.4 Å². The first-order valence-corrected chi connectivity index (χ1v) is 5.45. The van der Waals surface area contributed by atoms with Crippen molar-refractivity contribution in [2.75, 3.05) is 12.4 Å². The van der Waals surface area contributed by atoms with Crippen LogP contribution in [0.15, 0.2) is 22.7 Å². The molecule has 0 amide bonds. The first-order valence-electron chi connectivity index (χ1n) is 4.66. The quantitative estimate of drug-likeness (QED) is 0.921. The Morgan fingerprint density at radius 1 is 1.38 bits per heavy atom. The van der Waals surface area contributed by atoms with Gasteiger partial charge in [-0.2, -0.15) is 0 Å². The lowest BCUT2D eigenvalue weighted by Gasteiger charge is -2.03. The number of nitrogens with zero attached hydrogens (tertiary/aromatic N) is 3. The number of rotatable bonds is 2. The Kier molecular flexibility index (Phi) is 2.91. The van der Waals surface area contributed by atoms with Gasteiger partial charge in [-0.05, 0) is 34.1 Å². The zero-order valence-electron chi connectivity index (χ0n) is 8.83. The number of aromatic nitrogens is 3. The summed E-state index contributed by atoms with van der Waals surface area (Å²) in [6.45, 7) is 0. The van der Waals surface area contributed by atoms with Crippen molar-refractivity contribution >= 4 is 21.9 Å². The van der Waals surface area contributed by atoms with Gasteiger partial charge < -0.3 is 5.32 Å². The van der Waals surface area contributed by atoms with Gasteiger partial charge in [0.05, 0.1) is 4.47 Å². The van der Waals surface area contributed by atoms with Crippen molar-refractivity contribution in [2.24, 2.45) is 7.05 Å². The molecule has 0 radical (unpaired) electrons. The molecule has 1 N–H and O–H groups in total. The van der Waals surface area contributed by atoms with Crippen LogP contribution in [0.4, 0.5) is 10.3 Å². The smallest absolute Gasteiger partial charge is 0.224 e. The second kappa shape index (κ2) is 4.21. The van der Waals surface area contributed by atoms with Crippen molar-refractivity contribution in [3.63, 3.8) is 0 Å². The average molecular weight is 285 g/mol. The molecule has 1 heterocycles. The number of anilines is 1. The Balaban J connectivity index is 2.50. The van der Waals surface area contributed by atoms with Gasteiger partial charge in [-0.3, -0.25) is 4.57 Å². The fourth-order valence-corrected chi connectivity index (χ4v) is 1.81. The van der Waals surface area contributed by atoms with Crippen LogP contribution in [0.1, 0.15) is 0 Å². The molecule has 6 heteroatoms. The fraction of sp³-hybridized carbons (Fsp3) is 0.200. The highest BCUT2D eigenvalue weighted by molar-refractivity contribution is 9.10. The molecule has 0 aliphatic rings. The van der Waals surface area contributed by atoms with Crippen LogP contribution < -0.4 is 5.32 Å². The third-order valence-electron chi connectivity index (χ3n) is 2.28. The van der Waals surface area contributed by atoms with Crippen LogP contribution in [0, 0.1) is 5.82 Å². The molecule has 0 saturated heterocycles. The predicted octanol–water partition coefficient (Wildman–Crippen LogP) is 2.43. The topological polar surface area (TPSA) is 42.7 Å². The molecule has 2 rings (SSSR count). The molecule has 0 atom stereocenters. The number of nitrogens with one attached hydrogen (secondary N) is 1. The summed E-state index contributed by atoms with van der Waals surface area (Å²) in [6, 6.07) is 4.75. The third kappa shape index (κ3) is 1.80. The summed E-state index contributed by atoms with van der Waals surface area (Å²) in [5.74, 6) is 1.06. The lowest BCUT2D eigenvalue weighted by Crippen LogP contribution is -1.99. The minimum atomic E-state index is -0.292. The van der Waals surface area contributed by atoms with E-state index < -0.39 is 0 Å². The Bertz CT molecular complexity index is 524. The summed E-state index contributed by atoms with van der Waals surface area (Å²) in [7, 11) is 3.62. The SMILES string of the molecule is CNc1nnc(-c2ccc(F)c(Br)c2)n1C. The molecule has 0 unspecified atom stereocenters. The summed E-state index contributed by atoms with van der Waals surface area (Å²) in [4.78, 5) is 0. The van der Waals surface area contributed by atoms with Gasteiger partial charge in [-0.15, -0.1) is 10.2 Å². The highest BCUT2D eigenvalue weighted by atomic mass is 79.9. The maximum atomic E-state index is 13.1. The van der Waals surface area contributed by atoms with Crippen molar-refractivity contribution < 1.29 is 4.39 Å². The van der Waals surface area contributed by atoms with E-state index in [1.165, 1.54) is 6.07 Å². The Hall–Kier alpha value is -1.43. The molecule has 84 valence electrons. The zero-order chi connectivity index (χ0) is 11.7. The molecule has 1 aromatic carbocycles. The largest absolute Gasteiger partial charge is 0.357 e. The molecule has 1 aromatic heterocycles. The normalized spacial score (nSPS) is 10.5. The summed E-state index contributed by atoms with van der Waals surface area (Å²) in [6.07, 6.45) is 0. The van der Waals surface area contributed by atoms with Gasteiger partial charge in [0, 0.05) is 19.7 Å². The number of hydrogen-bond donors (Lipinski definition) is 1. The van der Waals surface area contributed by atoms with Gasteiger partial charge in [0.15, 0.2) is 5.82 Å². The van der Waals surface area contributed by atoms with Crippen LogP contribution in [0.3, 0.4) is 0 Å². The van der Waals surface area contributed by atoms with E-state index in [4.69, 9.17) is 0 Å². The number of hydrogen-bond acceptors (Lipinski definition) is 3. The fourth-order valence-electron chi connectivity index (χ4n) is 1.43. The first-order chi connectivity index (χ1) is 7.63. The molecule has 0 saturated carbocycles. The van der Waals surface area contributed by atoms with Crippen molar-refractivity contribution in [1.82, 2.24) is 14.8 Å². The van der Waals surface area contributed by atoms with Gasteiger partial charge in [0.25, 0.3) is 0 Å². The monoisotopic (exact) mass is 284 g/mol. The average Bonchev–Trinajstić information content (AvgIpc) is 2.64. The van der Waals surface area contributed by atoms with E-state index in [2.05, 4.69) is 31.4 Å². The van der Waals surface area contributed by atoms with Gasteiger partial charge in [0.1, 0.15) is 5.82 Å². The molecule has 2 aromatic rings. The molecule has 0 aliphatic heterocycles. The summed E-state index contributed by atoms with van der Waals surface area (Å²) >= 11 is 3.14. The second-order valence-electron chi connectivity index (χ2n) is 3.29. The van der Waals surface area contributed by atoms with E-state index in [1.807, 2.05) is 7.05 Å². The Morgan fingerprint density at radius 2 is 2.12 bits per heavy atom. The van der Waals surface area contributed by atoms with Crippen LogP contribution in [-0.2, 0) is 7.05 Å². The third-order valence-corrected chi connectivity index (χ3v) is 2.88. The maximum Gasteiger partial charge on any atom is 0.224 e. The van der Waals surface area contributed by atoms with Crippen molar-refractivity contribution in [3.05, 3.63) is 28.5 Å². The minimum Gasteiger partial charge on any atom is -0.357 e. The highest BCUT2D eigenvalue weighted by Gasteiger charge is 2.10. The molecular weight excluding hydrogens is 275 g/mol. The van der Waals surface area contributed by atoms with Crippen LogP contribution in [0.5, 0.6) is 0 Å². The molecule has 0 aliphatic carbocycles. The lowest BCUT2D eigenvalue weighted by molar-refractivity contribution is 0.621. The maximum absolute atomic E-state index is 13.1. The van der Waals surface area contributed by atoms with Crippen molar-refractivity contribution in [2.45, 2.75) is 0 Å². The van der Waals surface area contributed by atoms with E-state index >= 15 is 0 Å². The van der Waals surface area contributed by atoms with Crippen LogP contribution >= 0.6 is 15.9 Å². The van der Waals surface area contributed by atoms with Crippen molar-refractivity contribution in [3.8, 4) is 11.4 Å². The van der Waals surface area contributed by atoms with E-state index in [9.17, 15) is 4.39 Å². The molecule has 0 spiro atoms. The molecular formula is C10H10BrFN4. The summed E-state index contributed by atoms with van der Waals surface area (Å²) in [5.41, 5.74) is 0.810. The molecule has 16 heavy (non-hydrogen) atoms. The van der Waals surface area contributed by atoms with E-state index in [1.54, 1.807) is 23.7 Å². The Labute approximate surface area is 101 Å². The van der Waals surface area contributed by atoms with Gasteiger partial charge in [-0.1, -0.05) is 0 Å². The lowest BCUT2D eigenvalue weighted by atomic mass is 10.2. The van der Waals surface area contributed by atoms with Gasteiger partial charge in [0.2, 0.25) is 5.95 Å². The second-order valence-corrected chi connectivity index (χ2v) is 4.14. The summed E-state index contributed by atoms with van der Waals surface area (Å²) < 4.78 is 15.3. The Morgan fingerprint density at radius 3 is 2.69 bits per heavy atom. The zero-order valence-corrected chi connectivity index (χ0v) is 10.4. The van der Waals surface area contributed by atoms with E-state index in [-0.39, 0.29) is 5.82 Å².